The number of hydrogen-bond acceptors (Lipinski definition) is 3. The van der Waals surface area contributed by atoms with Crippen LogP contribution in [0, 0.1) is 0 Å². The number of aliphatic imine (C=N–C) groups is 1. The lowest BCUT2D eigenvalue weighted by Crippen LogP contribution is -2.61. The maximum absolute atomic E-state index is 6.72. The van der Waals surface area contributed by atoms with E-state index in [1.54, 1.807) is 0 Å². The van der Waals surface area contributed by atoms with Crippen LogP contribution in [-0.2, 0) is 10.3 Å². The van der Waals surface area contributed by atoms with Crippen LogP contribution < -0.4 is 21.7 Å². The molecule has 0 bridgehead atoms. The fraction of sp³-hybridized carbons (Fsp3) is 0.235. The predicted molar refractivity (Wildman–Crippen MR) is 148 cm³/mol. The van der Waals surface area contributed by atoms with Crippen molar-refractivity contribution in [2.75, 3.05) is 0 Å². The highest BCUT2D eigenvalue weighted by Gasteiger charge is 2.42. The zero-order valence-corrected chi connectivity index (χ0v) is 19.9. The van der Waals surface area contributed by atoms with Gasteiger partial charge in [-0.05, 0) is 17.8 Å². The first kappa shape index (κ1) is 22.2. The molecule has 1 atom stereocenters. The van der Waals surface area contributed by atoms with E-state index in [9.17, 15) is 0 Å². The normalized spacial score (nSPS) is 19.0. The van der Waals surface area contributed by atoms with Crippen LogP contribution in [0.4, 0.5) is 5.69 Å². The van der Waals surface area contributed by atoms with E-state index >= 15 is 0 Å². The molecule has 29 heavy (non-hydrogen) atoms. The Balaban J connectivity index is 2.27. The minimum Gasteiger partial charge on any atom is -0.449 e. The minimum atomic E-state index is -0.694. The maximum Gasteiger partial charge on any atom is 0.290 e. The Morgan fingerprint density at radius 2 is 1.55 bits per heavy atom. The van der Waals surface area contributed by atoms with Gasteiger partial charge in [0, 0.05) is 10.6 Å². The van der Waals surface area contributed by atoms with Crippen molar-refractivity contribution in [3.63, 3.8) is 0 Å². The van der Waals surface area contributed by atoms with Gasteiger partial charge in [0.25, 0.3) is 6.02 Å². The number of ether oxygens (including phenoxy) is 1. The second kappa shape index (κ2) is 7.34. The lowest BCUT2D eigenvalue weighted by molar-refractivity contribution is 0.105. The highest BCUT2D eigenvalue weighted by Crippen LogP contribution is 2.41. The summed E-state index contributed by atoms with van der Waals surface area (Å²) in [5.41, 5.74) is 5.55. The zero-order chi connectivity index (χ0) is 21.8. The molecule has 0 saturated carbocycles. The van der Waals surface area contributed by atoms with Crippen LogP contribution in [0.3, 0.4) is 0 Å². The topological polar surface area (TPSA) is 33.6 Å². The summed E-state index contributed by atoms with van der Waals surface area (Å²) in [6, 6.07) is 10.9. The van der Waals surface area contributed by atoms with Crippen molar-refractivity contribution in [1.82, 2.24) is 5.32 Å². The highest BCUT2D eigenvalue weighted by atomic mass is 35.5. The van der Waals surface area contributed by atoms with Crippen LogP contribution in [-0.4, -0.2) is 74.1 Å². The molecule has 2 aromatic rings. The molecular formula is C17H25B8ClN2O. The SMILES string of the molecule is Bc1c(B)c2c(c(B)c1Cl)C(C)(c1ccccc1)OC(NC(B)(B)C(B)(B)B)=N2. The fourth-order valence-corrected chi connectivity index (χ4v) is 3.89. The first-order chi connectivity index (χ1) is 13.3. The standard InChI is InChI=1S/C17H25B8ClN2O/c1-15(7-5-3-2-4-6-7)8-9(18)12(26)10(19)11(20)13(8)27-14(29-15)28-17(24,25)16(21,22)23/h2-6H,18-25H2,1H3,(H,27,28). The summed E-state index contributed by atoms with van der Waals surface area (Å²) < 4.78 is 6.63. The number of halogens is 1. The Morgan fingerprint density at radius 3 is 2.10 bits per heavy atom. The van der Waals surface area contributed by atoms with Gasteiger partial charge in [0.1, 0.15) is 39.2 Å². The number of nitrogens with one attached hydrogen (secondary N) is 1. The number of nitrogens with zero attached hydrogens (tertiary/aromatic N) is 1. The van der Waals surface area contributed by atoms with Gasteiger partial charge in [0.2, 0.25) is 0 Å². The second-order valence-electron chi connectivity index (χ2n) is 9.83. The highest BCUT2D eigenvalue weighted by molar-refractivity contribution is 6.67. The van der Waals surface area contributed by atoms with Gasteiger partial charge in [0.15, 0.2) is 5.60 Å². The number of hydrogen-bond donors (Lipinski definition) is 1. The van der Waals surface area contributed by atoms with E-state index in [1.165, 1.54) is 0 Å². The van der Waals surface area contributed by atoms with Gasteiger partial charge in [-0.3, -0.25) is 0 Å². The Kier molecular flexibility index (Phi) is 5.62. The molecule has 3 nitrogen and oxygen atoms in total. The molecule has 3 rings (SSSR count). The van der Waals surface area contributed by atoms with Crippen molar-refractivity contribution in [3.8, 4) is 0 Å². The third kappa shape index (κ3) is 3.71. The Labute approximate surface area is 186 Å². The summed E-state index contributed by atoms with van der Waals surface area (Å²) >= 11 is 6.72. The van der Waals surface area contributed by atoms with Crippen LogP contribution in [0.15, 0.2) is 35.3 Å². The molecule has 1 N–H and O–H groups in total. The molecular weight excluding hydrogens is 370 g/mol. The maximum atomic E-state index is 6.72. The number of benzene rings is 2. The largest absolute Gasteiger partial charge is 0.449 e. The van der Waals surface area contributed by atoms with Gasteiger partial charge in [0.05, 0.1) is 29.2 Å². The molecule has 1 heterocycles. The molecule has 0 fully saturated rings. The van der Waals surface area contributed by atoms with Crippen molar-refractivity contribution in [3.05, 3.63) is 46.5 Å². The van der Waals surface area contributed by atoms with E-state index in [0.29, 0.717) is 6.02 Å². The summed E-state index contributed by atoms with van der Waals surface area (Å²) in [4.78, 5) is 4.95. The van der Waals surface area contributed by atoms with E-state index in [1.807, 2.05) is 18.2 Å². The van der Waals surface area contributed by atoms with Crippen LogP contribution in [0.25, 0.3) is 0 Å². The number of rotatable bonds is 3. The van der Waals surface area contributed by atoms with Gasteiger partial charge in [-0.2, -0.15) is 4.99 Å². The second-order valence-corrected chi connectivity index (χ2v) is 10.2. The van der Waals surface area contributed by atoms with Crippen LogP contribution in [0.1, 0.15) is 18.1 Å². The quantitative estimate of drug-likeness (QED) is 0.525. The van der Waals surface area contributed by atoms with Gasteiger partial charge >= 0.3 is 0 Å². The first-order valence-electron chi connectivity index (χ1n) is 10.2. The summed E-state index contributed by atoms with van der Waals surface area (Å²) in [6.07, 6.45) is 0. The molecule has 0 radical (unpaired) electrons. The number of fused-ring (bicyclic) bond motifs is 1. The summed E-state index contributed by atoms with van der Waals surface area (Å²) in [6.45, 7) is 2.11. The monoisotopic (exact) mass is 396 g/mol. The average Bonchev–Trinajstić information content (AvgIpc) is 2.63. The number of amidine groups is 1. The molecule has 1 unspecified atom stereocenters. The summed E-state index contributed by atoms with van der Waals surface area (Å²) in [5.74, 6) is 0. The van der Waals surface area contributed by atoms with E-state index < -0.39 is 5.60 Å². The molecule has 140 valence electrons. The molecule has 1 aliphatic heterocycles. The molecule has 1 aliphatic rings. The van der Waals surface area contributed by atoms with Gasteiger partial charge in [-0.25, -0.2) is 0 Å². The molecule has 0 saturated heterocycles. The smallest absolute Gasteiger partial charge is 0.290 e. The molecule has 0 aromatic heterocycles. The molecule has 0 spiro atoms. The molecule has 12 heteroatoms. The Morgan fingerprint density at radius 1 is 0.966 bits per heavy atom. The first-order valence-corrected chi connectivity index (χ1v) is 10.6. The van der Waals surface area contributed by atoms with Crippen LogP contribution in [0.2, 0.25) is 10.1 Å². The van der Waals surface area contributed by atoms with Crippen LogP contribution >= 0.6 is 11.6 Å². The lowest BCUT2D eigenvalue weighted by Gasteiger charge is -2.45. The average molecular weight is 395 g/mol. The van der Waals surface area contributed by atoms with Crippen molar-refractivity contribution >= 4 is 102 Å². The van der Waals surface area contributed by atoms with E-state index in [2.05, 4.69) is 87.1 Å². The van der Waals surface area contributed by atoms with E-state index in [4.69, 9.17) is 21.3 Å². The predicted octanol–water partition coefficient (Wildman–Crippen LogP) is -6.12. The van der Waals surface area contributed by atoms with Crippen molar-refractivity contribution in [2.45, 2.75) is 23.0 Å². The van der Waals surface area contributed by atoms with Gasteiger partial charge < -0.3 is 10.1 Å². The zero-order valence-electron chi connectivity index (χ0n) is 19.1. The third-order valence-electron chi connectivity index (χ3n) is 6.80. The molecule has 0 aliphatic carbocycles. The Hall–Kier alpha value is -1.48. The van der Waals surface area contributed by atoms with Crippen molar-refractivity contribution < 1.29 is 4.74 Å². The van der Waals surface area contributed by atoms with Crippen LogP contribution in [0.5, 0.6) is 0 Å². The van der Waals surface area contributed by atoms with Gasteiger partial charge in [-0.15, -0.1) is 5.11 Å². The summed E-state index contributed by atoms with van der Waals surface area (Å²) in [5, 5.41) is 4.16. The summed E-state index contributed by atoms with van der Waals surface area (Å²) in [7, 11) is 17.2. The van der Waals surface area contributed by atoms with Crippen molar-refractivity contribution in [1.29, 1.82) is 0 Å². The van der Waals surface area contributed by atoms with Crippen molar-refractivity contribution in [2.24, 2.45) is 4.99 Å². The van der Waals surface area contributed by atoms with Gasteiger partial charge in [-0.1, -0.05) is 58.3 Å². The van der Waals surface area contributed by atoms with E-state index in [-0.39, 0.29) is 10.5 Å². The lowest BCUT2D eigenvalue weighted by atomic mass is 9.26. The fourth-order valence-electron chi connectivity index (χ4n) is 3.66. The molecule has 2 aromatic carbocycles. The molecule has 0 amide bonds. The van der Waals surface area contributed by atoms with E-state index in [0.717, 1.165) is 38.2 Å². The Bertz CT molecular complexity index is 993. The third-order valence-corrected chi connectivity index (χ3v) is 7.37. The minimum absolute atomic E-state index is 0.0170.